The van der Waals surface area contributed by atoms with Crippen molar-refractivity contribution in [2.45, 2.75) is 6.42 Å². The summed E-state index contributed by atoms with van der Waals surface area (Å²) in [5, 5.41) is 9.07. The van der Waals surface area contributed by atoms with Crippen molar-refractivity contribution in [2.24, 2.45) is 0 Å². The number of thiophene rings is 1. The zero-order chi connectivity index (χ0) is 15.4. The first-order valence-corrected chi connectivity index (χ1v) is 7.72. The molecule has 0 saturated carbocycles. The lowest BCUT2D eigenvalue weighted by molar-refractivity contribution is 0.0949. The number of nitrogens with zero attached hydrogens (tertiary/aromatic N) is 2. The Labute approximate surface area is 131 Å². The average Bonchev–Trinajstić information content (AvgIpc) is 3.19. The first kappa shape index (κ1) is 14.5. The Hall–Kier alpha value is -2.47. The molecule has 0 spiro atoms. The number of carbonyl (C=O) groups is 1. The Kier molecular flexibility index (Phi) is 4.29. The molecule has 0 radical (unpaired) electrons. The summed E-state index contributed by atoms with van der Waals surface area (Å²) in [4.78, 5) is 13.3. The van der Waals surface area contributed by atoms with Crippen LogP contribution in [0.1, 0.15) is 15.4 Å². The number of rotatable bonds is 5. The van der Waals surface area contributed by atoms with Crippen molar-refractivity contribution in [2.75, 3.05) is 6.54 Å². The molecule has 0 fully saturated rings. The van der Waals surface area contributed by atoms with Gasteiger partial charge in [-0.2, -0.15) is 5.10 Å². The monoisotopic (exact) mass is 315 g/mol. The van der Waals surface area contributed by atoms with E-state index < -0.39 is 0 Å². The van der Waals surface area contributed by atoms with Crippen molar-refractivity contribution in [3.63, 3.8) is 0 Å². The van der Waals surface area contributed by atoms with E-state index >= 15 is 0 Å². The van der Waals surface area contributed by atoms with Crippen LogP contribution in [0.3, 0.4) is 0 Å². The first-order valence-electron chi connectivity index (χ1n) is 6.84. The van der Waals surface area contributed by atoms with Gasteiger partial charge in [0.1, 0.15) is 5.82 Å². The van der Waals surface area contributed by atoms with Crippen molar-refractivity contribution in [3.05, 3.63) is 70.4 Å². The van der Waals surface area contributed by atoms with Crippen LogP contribution in [-0.2, 0) is 6.42 Å². The highest BCUT2D eigenvalue weighted by Gasteiger charge is 2.09. The van der Waals surface area contributed by atoms with Crippen LogP contribution in [0, 0.1) is 5.82 Å². The van der Waals surface area contributed by atoms with Gasteiger partial charge in [-0.3, -0.25) is 4.79 Å². The van der Waals surface area contributed by atoms with Crippen molar-refractivity contribution in [3.8, 4) is 5.69 Å². The van der Waals surface area contributed by atoms with Gasteiger partial charge in [0.25, 0.3) is 5.91 Å². The smallest absolute Gasteiger partial charge is 0.271 e. The number of aromatic nitrogens is 2. The fourth-order valence-electron chi connectivity index (χ4n) is 2.03. The Morgan fingerprint density at radius 2 is 2.05 bits per heavy atom. The third-order valence-electron chi connectivity index (χ3n) is 3.15. The van der Waals surface area contributed by atoms with Crippen LogP contribution in [0.4, 0.5) is 4.39 Å². The molecule has 1 N–H and O–H groups in total. The van der Waals surface area contributed by atoms with Gasteiger partial charge < -0.3 is 5.32 Å². The van der Waals surface area contributed by atoms with Crippen molar-refractivity contribution >= 4 is 17.2 Å². The van der Waals surface area contributed by atoms with Gasteiger partial charge in [-0.1, -0.05) is 6.07 Å². The minimum absolute atomic E-state index is 0.211. The Morgan fingerprint density at radius 1 is 1.23 bits per heavy atom. The Bertz CT molecular complexity index is 750. The van der Waals surface area contributed by atoms with E-state index in [1.165, 1.54) is 17.0 Å². The van der Waals surface area contributed by atoms with Crippen LogP contribution in [0.15, 0.2) is 54.0 Å². The fourth-order valence-corrected chi connectivity index (χ4v) is 2.74. The molecule has 112 valence electrons. The number of hydrogen-bond donors (Lipinski definition) is 1. The van der Waals surface area contributed by atoms with E-state index in [0.717, 1.165) is 6.42 Å². The molecule has 0 aliphatic carbocycles. The summed E-state index contributed by atoms with van der Waals surface area (Å²) in [5.41, 5.74) is 1.05. The highest BCUT2D eigenvalue weighted by Crippen LogP contribution is 2.10. The number of hydrogen-bond acceptors (Lipinski definition) is 3. The average molecular weight is 315 g/mol. The van der Waals surface area contributed by atoms with Crippen LogP contribution < -0.4 is 5.32 Å². The highest BCUT2D eigenvalue weighted by atomic mass is 32.1. The van der Waals surface area contributed by atoms with E-state index in [0.29, 0.717) is 17.9 Å². The number of halogens is 1. The predicted molar refractivity (Wildman–Crippen MR) is 83.9 cm³/mol. The third-order valence-corrected chi connectivity index (χ3v) is 4.09. The molecule has 2 aromatic heterocycles. The quantitative estimate of drug-likeness (QED) is 0.786. The molecule has 22 heavy (non-hydrogen) atoms. The molecular formula is C16H14FN3OS. The lowest BCUT2D eigenvalue weighted by Gasteiger charge is -2.02. The van der Waals surface area contributed by atoms with E-state index in [-0.39, 0.29) is 11.7 Å². The first-order chi connectivity index (χ1) is 10.7. The maximum atomic E-state index is 12.9. The van der Waals surface area contributed by atoms with Crippen LogP contribution in [0.2, 0.25) is 0 Å². The summed E-state index contributed by atoms with van der Waals surface area (Å²) in [7, 11) is 0. The van der Waals surface area contributed by atoms with Gasteiger partial charge in [0.05, 0.1) is 5.69 Å². The molecule has 0 aliphatic rings. The molecule has 0 aliphatic heterocycles. The summed E-state index contributed by atoms with van der Waals surface area (Å²) in [6.07, 6.45) is 2.49. The van der Waals surface area contributed by atoms with Crippen LogP contribution in [-0.4, -0.2) is 22.2 Å². The van der Waals surface area contributed by atoms with Crippen LogP contribution in [0.5, 0.6) is 0 Å². The summed E-state index contributed by atoms with van der Waals surface area (Å²) in [6.45, 7) is 0.572. The third kappa shape index (κ3) is 3.40. The second kappa shape index (κ2) is 6.53. The molecule has 6 heteroatoms. The molecular weight excluding hydrogens is 301 g/mol. The maximum Gasteiger partial charge on any atom is 0.271 e. The van der Waals surface area contributed by atoms with Gasteiger partial charge >= 0.3 is 0 Å². The molecule has 1 aromatic carbocycles. The molecule has 3 rings (SSSR count). The van der Waals surface area contributed by atoms with Crippen molar-refractivity contribution in [1.82, 2.24) is 15.1 Å². The van der Waals surface area contributed by atoms with Gasteiger partial charge in [-0.15, -0.1) is 11.3 Å². The predicted octanol–water partition coefficient (Wildman–Crippen LogP) is 3.05. The standard InChI is InChI=1S/C16H14FN3OS/c17-12-3-5-13(6-4-12)20-10-8-15(19-20)16(21)18-9-7-14-2-1-11-22-14/h1-6,8,10-11H,7,9H2,(H,18,21). The van der Waals surface area contributed by atoms with Gasteiger partial charge in [-0.25, -0.2) is 9.07 Å². The topological polar surface area (TPSA) is 46.9 Å². The maximum absolute atomic E-state index is 12.9. The second-order valence-electron chi connectivity index (χ2n) is 4.71. The molecule has 0 unspecified atom stereocenters. The molecule has 2 heterocycles. The van der Waals surface area contributed by atoms with Gasteiger partial charge in [0.2, 0.25) is 0 Å². The highest BCUT2D eigenvalue weighted by molar-refractivity contribution is 7.09. The van der Waals surface area contributed by atoms with E-state index in [9.17, 15) is 9.18 Å². The van der Waals surface area contributed by atoms with Crippen LogP contribution in [0.25, 0.3) is 5.69 Å². The van der Waals surface area contributed by atoms with Crippen molar-refractivity contribution in [1.29, 1.82) is 0 Å². The zero-order valence-corrected chi connectivity index (χ0v) is 12.5. The summed E-state index contributed by atoms with van der Waals surface area (Å²) >= 11 is 1.67. The fraction of sp³-hybridized carbons (Fsp3) is 0.125. The zero-order valence-electron chi connectivity index (χ0n) is 11.7. The van der Waals surface area contributed by atoms with Crippen LogP contribution >= 0.6 is 11.3 Å². The van der Waals surface area contributed by atoms with E-state index in [4.69, 9.17) is 0 Å². The minimum atomic E-state index is -0.303. The van der Waals surface area contributed by atoms with E-state index in [1.54, 1.807) is 40.4 Å². The molecule has 0 atom stereocenters. The summed E-state index contributed by atoms with van der Waals surface area (Å²) in [5.74, 6) is -0.514. The lowest BCUT2D eigenvalue weighted by Crippen LogP contribution is -2.26. The Balaban J connectivity index is 1.60. The van der Waals surface area contributed by atoms with Crippen molar-refractivity contribution < 1.29 is 9.18 Å². The summed E-state index contributed by atoms with van der Waals surface area (Å²) in [6, 6.07) is 11.6. The molecule has 1 amide bonds. The molecule has 0 saturated heterocycles. The normalized spacial score (nSPS) is 10.6. The number of benzene rings is 1. The lowest BCUT2D eigenvalue weighted by atomic mass is 10.3. The van der Waals surface area contributed by atoms with E-state index in [1.807, 2.05) is 17.5 Å². The molecule has 3 aromatic rings. The van der Waals surface area contributed by atoms with Gasteiger partial charge in [0, 0.05) is 17.6 Å². The van der Waals surface area contributed by atoms with E-state index in [2.05, 4.69) is 10.4 Å². The largest absolute Gasteiger partial charge is 0.350 e. The second-order valence-corrected chi connectivity index (χ2v) is 5.74. The molecule has 0 bridgehead atoms. The number of carbonyl (C=O) groups excluding carboxylic acids is 1. The SMILES string of the molecule is O=C(NCCc1cccs1)c1ccn(-c2ccc(F)cc2)n1. The number of amides is 1. The Morgan fingerprint density at radius 3 is 2.77 bits per heavy atom. The molecule has 4 nitrogen and oxygen atoms in total. The van der Waals surface area contributed by atoms with Gasteiger partial charge in [-0.05, 0) is 48.2 Å². The minimum Gasteiger partial charge on any atom is -0.350 e. The summed E-state index contributed by atoms with van der Waals surface area (Å²) < 4.78 is 14.4. The van der Waals surface area contributed by atoms with Gasteiger partial charge in [0.15, 0.2) is 5.69 Å². The number of nitrogens with one attached hydrogen (secondary N) is 1.